The summed E-state index contributed by atoms with van der Waals surface area (Å²) in [5.41, 5.74) is 17.9. The highest BCUT2D eigenvalue weighted by molar-refractivity contribution is 5.36. The topological polar surface area (TPSA) is 113 Å². The molecule has 1 aromatic carbocycles. The molecule has 0 unspecified atom stereocenters. The Morgan fingerprint density at radius 3 is 2.22 bits per heavy atom. The highest BCUT2D eigenvalue weighted by Crippen LogP contribution is 2.14. The van der Waals surface area contributed by atoms with E-state index < -0.39 is 0 Å². The third-order valence-corrected chi connectivity index (χ3v) is 3.93. The Kier molecular flexibility index (Phi) is 6.31. The van der Waals surface area contributed by atoms with Gasteiger partial charge < -0.3 is 17.2 Å². The van der Waals surface area contributed by atoms with E-state index in [1.165, 1.54) is 36.7 Å². The van der Waals surface area contributed by atoms with E-state index in [1.54, 1.807) is 12.3 Å². The van der Waals surface area contributed by atoms with E-state index in [0.29, 0.717) is 12.6 Å². The van der Waals surface area contributed by atoms with Crippen LogP contribution in [0.1, 0.15) is 37.7 Å². The van der Waals surface area contributed by atoms with Gasteiger partial charge in [0.2, 0.25) is 0 Å². The summed E-state index contributed by atoms with van der Waals surface area (Å²) in [4.78, 5) is 15.2. The van der Waals surface area contributed by atoms with E-state index in [9.17, 15) is 4.79 Å². The van der Waals surface area contributed by atoms with Gasteiger partial charge in [0.15, 0.2) is 0 Å². The van der Waals surface area contributed by atoms with Crippen molar-refractivity contribution < 1.29 is 0 Å². The zero-order valence-corrected chi connectivity index (χ0v) is 13.3. The van der Waals surface area contributed by atoms with Crippen LogP contribution in [0, 0.1) is 0 Å². The van der Waals surface area contributed by atoms with Gasteiger partial charge in [-0.05, 0) is 36.6 Å². The molecule has 6 nitrogen and oxygen atoms in total. The van der Waals surface area contributed by atoms with E-state index in [1.807, 2.05) is 24.3 Å². The molecule has 6 heteroatoms. The molecule has 1 aliphatic rings. The normalized spacial score (nSPS) is 14.9. The smallest absolute Gasteiger partial charge is 0.354 e. The van der Waals surface area contributed by atoms with E-state index in [4.69, 9.17) is 17.2 Å². The lowest BCUT2D eigenvalue weighted by Gasteiger charge is -2.15. The minimum atomic E-state index is -0.388. The van der Waals surface area contributed by atoms with E-state index in [0.717, 1.165) is 11.3 Å². The van der Waals surface area contributed by atoms with Crippen LogP contribution >= 0.6 is 0 Å². The van der Waals surface area contributed by atoms with Gasteiger partial charge in [-0.15, -0.1) is 0 Å². The predicted molar refractivity (Wildman–Crippen MR) is 93.2 cm³/mol. The second kappa shape index (κ2) is 8.45. The Morgan fingerprint density at radius 2 is 1.74 bits per heavy atom. The molecule has 0 radical (unpaired) electrons. The Labute approximate surface area is 136 Å². The molecule has 0 amide bonds. The standard InChI is InChI=1S/C11H12N4O.C6H13N/c12-7-8-1-3-9(4-2-8)15-6-5-10(13)14-11(15)16;7-6-4-2-1-3-5-6/h1-6H,7,12H2,(H2,13,14,16);6H,1-5,7H2. The van der Waals surface area contributed by atoms with Crippen LogP contribution in [-0.2, 0) is 6.54 Å². The Hall–Kier alpha value is -2.18. The maximum absolute atomic E-state index is 11.5. The summed E-state index contributed by atoms with van der Waals surface area (Å²) in [5.74, 6) is 0.222. The number of rotatable bonds is 2. The van der Waals surface area contributed by atoms with Crippen LogP contribution in [0.25, 0.3) is 5.69 Å². The van der Waals surface area contributed by atoms with Gasteiger partial charge in [0.05, 0.1) is 5.69 Å². The lowest BCUT2D eigenvalue weighted by atomic mass is 9.97. The van der Waals surface area contributed by atoms with Crippen molar-refractivity contribution in [2.45, 2.75) is 44.7 Å². The molecular formula is C17H25N5O. The molecule has 1 aromatic heterocycles. The fourth-order valence-electron chi connectivity index (χ4n) is 2.54. The molecule has 0 bridgehead atoms. The zero-order chi connectivity index (χ0) is 16.7. The lowest BCUT2D eigenvalue weighted by Crippen LogP contribution is -2.22. The van der Waals surface area contributed by atoms with Gasteiger partial charge in [0.25, 0.3) is 0 Å². The second-order valence-electron chi connectivity index (χ2n) is 5.77. The summed E-state index contributed by atoms with van der Waals surface area (Å²) >= 11 is 0. The van der Waals surface area contributed by atoms with Crippen molar-refractivity contribution in [1.82, 2.24) is 9.55 Å². The molecule has 1 aliphatic carbocycles. The summed E-state index contributed by atoms with van der Waals surface area (Å²) in [6, 6.07) is 9.51. The minimum absolute atomic E-state index is 0.222. The number of hydrogen-bond acceptors (Lipinski definition) is 5. The number of hydrogen-bond donors (Lipinski definition) is 3. The van der Waals surface area contributed by atoms with E-state index in [2.05, 4.69) is 4.98 Å². The molecule has 124 valence electrons. The Morgan fingerprint density at radius 1 is 1.09 bits per heavy atom. The number of anilines is 1. The van der Waals surface area contributed by atoms with Crippen molar-refractivity contribution in [3.8, 4) is 5.69 Å². The van der Waals surface area contributed by atoms with Crippen LogP contribution in [0.2, 0.25) is 0 Å². The molecule has 0 spiro atoms. The first kappa shape index (κ1) is 17.2. The first-order chi connectivity index (χ1) is 11.1. The predicted octanol–water partition coefficient (Wildman–Crippen LogP) is 1.55. The molecule has 6 N–H and O–H groups in total. The summed E-state index contributed by atoms with van der Waals surface area (Å²) < 4.78 is 1.43. The van der Waals surface area contributed by atoms with Crippen molar-refractivity contribution in [3.63, 3.8) is 0 Å². The van der Waals surface area contributed by atoms with Crippen molar-refractivity contribution in [2.75, 3.05) is 5.73 Å². The molecule has 0 aliphatic heterocycles. The van der Waals surface area contributed by atoms with Gasteiger partial charge in [-0.25, -0.2) is 4.79 Å². The number of benzene rings is 1. The van der Waals surface area contributed by atoms with Crippen LogP contribution in [0.3, 0.4) is 0 Å². The zero-order valence-electron chi connectivity index (χ0n) is 13.3. The third-order valence-electron chi connectivity index (χ3n) is 3.93. The minimum Gasteiger partial charge on any atom is -0.383 e. The average Bonchev–Trinajstić information content (AvgIpc) is 2.56. The van der Waals surface area contributed by atoms with Crippen molar-refractivity contribution >= 4 is 5.82 Å². The lowest BCUT2D eigenvalue weighted by molar-refractivity contribution is 0.441. The van der Waals surface area contributed by atoms with Crippen molar-refractivity contribution in [3.05, 3.63) is 52.6 Å². The second-order valence-corrected chi connectivity index (χ2v) is 5.77. The Bertz CT molecular complexity index is 659. The molecule has 3 rings (SSSR count). The fourth-order valence-corrected chi connectivity index (χ4v) is 2.54. The van der Waals surface area contributed by atoms with E-state index >= 15 is 0 Å². The average molecular weight is 315 g/mol. The first-order valence-corrected chi connectivity index (χ1v) is 8.00. The van der Waals surface area contributed by atoms with Crippen LogP contribution in [0.15, 0.2) is 41.3 Å². The van der Waals surface area contributed by atoms with Crippen LogP contribution in [0.5, 0.6) is 0 Å². The van der Waals surface area contributed by atoms with Crippen molar-refractivity contribution in [1.29, 1.82) is 0 Å². The molecule has 1 saturated carbocycles. The number of nitrogens with two attached hydrogens (primary N) is 3. The molecular weight excluding hydrogens is 290 g/mol. The van der Waals surface area contributed by atoms with Gasteiger partial charge in [-0.2, -0.15) is 4.98 Å². The highest BCUT2D eigenvalue weighted by atomic mass is 16.1. The summed E-state index contributed by atoms with van der Waals surface area (Å²) in [7, 11) is 0. The van der Waals surface area contributed by atoms with Crippen LogP contribution in [0.4, 0.5) is 5.82 Å². The fraction of sp³-hybridized carbons (Fsp3) is 0.412. The van der Waals surface area contributed by atoms with Gasteiger partial charge in [0.1, 0.15) is 5.82 Å². The van der Waals surface area contributed by atoms with Crippen LogP contribution in [-0.4, -0.2) is 15.6 Å². The third kappa shape index (κ3) is 5.19. The number of nitrogens with zero attached hydrogens (tertiary/aromatic N) is 2. The molecule has 1 heterocycles. The molecule has 1 fully saturated rings. The summed E-state index contributed by atoms with van der Waals surface area (Å²) in [6.07, 6.45) is 8.26. The first-order valence-electron chi connectivity index (χ1n) is 8.00. The Balaban J connectivity index is 0.000000229. The molecule has 0 atom stereocenters. The van der Waals surface area contributed by atoms with Gasteiger partial charge >= 0.3 is 5.69 Å². The van der Waals surface area contributed by atoms with Gasteiger partial charge in [0, 0.05) is 18.8 Å². The summed E-state index contributed by atoms with van der Waals surface area (Å²) in [5, 5.41) is 0. The maximum atomic E-state index is 11.5. The quantitative estimate of drug-likeness (QED) is 0.778. The number of aromatic nitrogens is 2. The van der Waals surface area contributed by atoms with E-state index in [-0.39, 0.29) is 11.5 Å². The SMILES string of the molecule is NC1CCCCC1.NCc1ccc(-n2ccc(N)nc2=O)cc1. The summed E-state index contributed by atoms with van der Waals surface area (Å²) in [6.45, 7) is 0.481. The van der Waals surface area contributed by atoms with Gasteiger partial charge in [-0.3, -0.25) is 4.57 Å². The monoisotopic (exact) mass is 315 g/mol. The maximum Gasteiger partial charge on any atom is 0.354 e. The van der Waals surface area contributed by atoms with Crippen molar-refractivity contribution in [2.24, 2.45) is 11.5 Å². The van der Waals surface area contributed by atoms with Crippen LogP contribution < -0.4 is 22.9 Å². The largest absolute Gasteiger partial charge is 0.383 e. The van der Waals surface area contributed by atoms with Gasteiger partial charge in [-0.1, -0.05) is 31.4 Å². The molecule has 0 saturated heterocycles. The molecule has 2 aromatic rings. The number of nitrogen functional groups attached to an aromatic ring is 1. The molecule has 23 heavy (non-hydrogen) atoms. The highest BCUT2D eigenvalue weighted by Gasteiger charge is 2.06.